The first-order valence-electron chi connectivity index (χ1n) is 24.1. The maximum absolute atomic E-state index is 9.17. The fraction of sp³-hybridized carbons (Fsp3) is 1.00. The Bertz CT molecular complexity index is 641. The van der Waals surface area contributed by atoms with Crippen molar-refractivity contribution in [3.05, 3.63) is 0 Å². The lowest BCUT2D eigenvalue weighted by atomic mass is 10.0. The summed E-state index contributed by atoms with van der Waals surface area (Å²) in [6, 6.07) is 0. The molecule has 0 saturated carbocycles. The standard InChI is InChI=1S/C25H54N.C23H50NO2.2ClH/c1-5-6-7-8-9-10-11-12-13-14-15-16-17-18-19-20-21-22-23-24-25-26(2,3)4;1-3-4-5-6-7-8-9-10-11-12-13-14-15-16-17-18-19-24(2,20-22-25)21-23-26;;/h5-25H2,1-4H3;25-26H,3-23H2,1-2H3;2*1H/q2*+1;;/p-2. The van der Waals surface area contributed by atoms with Crippen molar-refractivity contribution in [1.82, 2.24) is 0 Å². The van der Waals surface area contributed by atoms with E-state index in [9.17, 15) is 0 Å². The molecular formula is C48H104Cl2N2O2. The molecule has 0 aliphatic carbocycles. The van der Waals surface area contributed by atoms with Crippen molar-refractivity contribution in [3.63, 3.8) is 0 Å². The molecule has 0 aromatic heterocycles. The van der Waals surface area contributed by atoms with Gasteiger partial charge < -0.3 is 44.0 Å². The Labute approximate surface area is 355 Å². The van der Waals surface area contributed by atoms with Gasteiger partial charge in [0.05, 0.1) is 54.5 Å². The quantitative estimate of drug-likeness (QED) is 0.0483. The van der Waals surface area contributed by atoms with Crippen LogP contribution in [0.3, 0.4) is 0 Å². The van der Waals surface area contributed by atoms with Crippen molar-refractivity contribution >= 4 is 0 Å². The summed E-state index contributed by atoms with van der Waals surface area (Å²) in [6.45, 7) is 8.96. The number of quaternary nitrogens is 2. The highest BCUT2D eigenvalue weighted by Crippen LogP contribution is 2.16. The van der Waals surface area contributed by atoms with Crippen LogP contribution in [0.15, 0.2) is 0 Å². The van der Waals surface area contributed by atoms with E-state index in [1.807, 2.05) is 0 Å². The number of aliphatic hydroxyl groups is 2. The van der Waals surface area contributed by atoms with Crippen LogP contribution in [-0.2, 0) is 0 Å². The normalized spacial score (nSPS) is 11.6. The molecule has 0 unspecified atom stereocenters. The van der Waals surface area contributed by atoms with Crippen LogP contribution >= 0.6 is 0 Å². The van der Waals surface area contributed by atoms with E-state index in [4.69, 9.17) is 10.2 Å². The molecular weight excluding hydrogens is 707 g/mol. The SMILES string of the molecule is CCCCCCCCCCCCCCCCCCCCCC[N+](C)(C)C.CCCCCCCCCCCCCCCCCC[N+](C)(CCO)CCO.[Cl-].[Cl-]. The molecule has 54 heavy (non-hydrogen) atoms. The third-order valence-electron chi connectivity index (χ3n) is 11.5. The lowest BCUT2D eigenvalue weighted by Gasteiger charge is -2.33. The van der Waals surface area contributed by atoms with Crippen molar-refractivity contribution in [3.8, 4) is 0 Å². The zero-order valence-corrected chi connectivity index (χ0v) is 39.8. The van der Waals surface area contributed by atoms with Crippen LogP contribution in [0.5, 0.6) is 0 Å². The van der Waals surface area contributed by atoms with Crippen molar-refractivity contribution in [2.45, 2.75) is 245 Å². The van der Waals surface area contributed by atoms with E-state index in [0.717, 1.165) is 28.6 Å². The van der Waals surface area contributed by atoms with Gasteiger partial charge in [0, 0.05) is 0 Å². The summed E-state index contributed by atoms with van der Waals surface area (Å²) >= 11 is 0. The van der Waals surface area contributed by atoms with Crippen LogP contribution in [0.4, 0.5) is 0 Å². The molecule has 0 radical (unpaired) electrons. The second kappa shape index (κ2) is 49.6. The number of likely N-dealkylation sites (N-methyl/N-ethyl adjacent to an activating group) is 1. The van der Waals surface area contributed by atoms with Gasteiger partial charge in [-0.15, -0.1) is 0 Å². The molecule has 0 amide bonds. The minimum absolute atomic E-state index is 0. The second-order valence-corrected chi connectivity index (χ2v) is 18.3. The van der Waals surface area contributed by atoms with E-state index in [-0.39, 0.29) is 38.0 Å². The monoisotopic (exact) mass is 811 g/mol. The number of rotatable bonds is 42. The number of nitrogens with zero attached hydrogens (tertiary/aromatic N) is 2. The van der Waals surface area contributed by atoms with E-state index in [1.165, 1.54) is 238 Å². The summed E-state index contributed by atoms with van der Waals surface area (Å²) in [6.07, 6.45) is 51.7. The van der Waals surface area contributed by atoms with Gasteiger partial charge in [0.1, 0.15) is 13.1 Å². The maximum atomic E-state index is 9.17. The third kappa shape index (κ3) is 54.5. The van der Waals surface area contributed by atoms with Crippen LogP contribution in [0.2, 0.25) is 0 Å². The zero-order chi connectivity index (χ0) is 38.7. The summed E-state index contributed by atoms with van der Waals surface area (Å²) in [5.74, 6) is 0. The fourth-order valence-electron chi connectivity index (χ4n) is 7.70. The molecule has 0 fully saturated rings. The molecule has 2 N–H and O–H groups in total. The number of aliphatic hydroxyl groups excluding tert-OH is 2. The van der Waals surface area contributed by atoms with E-state index in [1.54, 1.807) is 0 Å². The van der Waals surface area contributed by atoms with Gasteiger partial charge in [0.25, 0.3) is 0 Å². The largest absolute Gasteiger partial charge is 1.00 e. The maximum Gasteiger partial charge on any atom is 0.102 e. The highest BCUT2D eigenvalue weighted by molar-refractivity contribution is 4.52. The molecule has 6 heteroatoms. The van der Waals surface area contributed by atoms with Crippen LogP contribution in [0.1, 0.15) is 245 Å². The van der Waals surface area contributed by atoms with Gasteiger partial charge in [-0.1, -0.05) is 219 Å². The molecule has 0 rings (SSSR count). The first-order valence-corrected chi connectivity index (χ1v) is 24.1. The lowest BCUT2D eigenvalue weighted by Crippen LogP contribution is -3.00. The number of hydrogen-bond donors (Lipinski definition) is 2. The summed E-state index contributed by atoms with van der Waals surface area (Å²) in [7, 11) is 9.05. The van der Waals surface area contributed by atoms with E-state index in [2.05, 4.69) is 42.0 Å². The Morgan fingerprint density at radius 2 is 0.444 bits per heavy atom. The smallest absolute Gasteiger partial charge is 0.102 e. The van der Waals surface area contributed by atoms with Crippen LogP contribution in [0.25, 0.3) is 0 Å². The van der Waals surface area contributed by atoms with Crippen molar-refractivity contribution in [1.29, 1.82) is 0 Å². The van der Waals surface area contributed by atoms with Crippen molar-refractivity contribution in [2.24, 2.45) is 0 Å². The van der Waals surface area contributed by atoms with Gasteiger partial charge in [0.15, 0.2) is 0 Å². The average molecular weight is 812 g/mol. The summed E-state index contributed by atoms with van der Waals surface area (Å²) in [5, 5.41) is 18.3. The van der Waals surface area contributed by atoms with E-state index < -0.39 is 0 Å². The Morgan fingerprint density at radius 1 is 0.259 bits per heavy atom. The fourth-order valence-corrected chi connectivity index (χ4v) is 7.70. The highest BCUT2D eigenvalue weighted by atomic mass is 35.5. The molecule has 0 aromatic rings. The summed E-state index contributed by atoms with van der Waals surface area (Å²) in [5.41, 5.74) is 0. The van der Waals surface area contributed by atoms with Gasteiger partial charge in [0.2, 0.25) is 0 Å². The minimum atomic E-state index is 0. The summed E-state index contributed by atoms with van der Waals surface area (Å²) < 4.78 is 1.94. The van der Waals surface area contributed by atoms with Gasteiger partial charge >= 0.3 is 0 Å². The minimum Gasteiger partial charge on any atom is -1.00 e. The van der Waals surface area contributed by atoms with Crippen molar-refractivity contribution < 1.29 is 44.0 Å². The molecule has 0 bridgehead atoms. The first-order chi connectivity index (χ1) is 25.2. The Hall–Kier alpha value is 0.420. The number of hydrogen-bond acceptors (Lipinski definition) is 2. The predicted octanol–water partition coefficient (Wildman–Crippen LogP) is 8.20. The van der Waals surface area contributed by atoms with E-state index in [0.29, 0.717) is 0 Å². The van der Waals surface area contributed by atoms with Crippen LogP contribution in [0, 0.1) is 0 Å². The molecule has 0 spiro atoms. The first kappa shape index (κ1) is 61.1. The second-order valence-electron chi connectivity index (χ2n) is 18.3. The van der Waals surface area contributed by atoms with Crippen LogP contribution < -0.4 is 24.8 Å². The number of halogens is 2. The molecule has 4 nitrogen and oxygen atoms in total. The Morgan fingerprint density at radius 3 is 0.630 bits per heavy atom. The number of unbranched alkanes of at least 4 members (excludes halogenated alkanes) is 34. The summed E-state index contributed by atoms with van der Waals surface area (Å²) in [4.78, 5) is 0. The average Bonchev–Trinajstić information content (AvgIpc) is 3.10. The highest BCUT2D eigenvalue weighted by Gasteiger charge is 2.19. The lowest BCUT2D eigenvalue weighted by molar-refractivity contribution is -0.910. The Kier molecular flexibility index (Phi) is 56.1. The van der Waals surface area contributed by atoms with Gasteiger partial charge in [-0.05, 0) is 25.7 Å². The third-order valence-corrected chi connectivity index (χ3v) is 11.5. The van der Waals surface area contributed by atoms with Gasteiger partial charge in [-0.25, -0.2) is 0 Å². The van der Waals surface area contributed by atoms with Crippen LogP contribution in [-0.4, -0.2) is 86.8 Å². The zero-order valence-electron chi connectivity index (χ0n) is 38.2. The predicted molar refractivity (Wildman–Crippen MR) is 235 cm³/mol. The molecule has 0 aliphatic rings. The van der Waals surface area contributed by atoms with E-state index >= 15 is 0 Å². The van der Waals surface area contributed by atoms with Gasteiger partial charge in [-0.2, -0.15) is 0 Å². The molecule has 0 heterocycles. The molecule has 0 aliphatic heterocycles. The van der Waals surface area contributed by atoms with Crippen molar-refractivity contribution in [2.75, 3.05) is 67.6 Å². The molecule has 0 saturated heterocycles. The molecule has 0 atom stereocenters. The Balaban J connectivity index is -0.000000446. The topological polar surface area (TPSA) is 40.5 Å². The molecule has 332 valence electrons. The van der Waals surface area contributed by atoms with Gasteiger partial charge in [-0.3, -0.25) is 0 Å². The molecule has 0 aromatic carbocycles.